The maximum absolute atomic E-state index is 13.3. The van der Waals surface area contributed by atoms with Gasteiger partial charge in [-0.05, 0) is 48.5 Å². The Kier molecular flexibility index (Phi) is 8.33. The van der Waals surface area contributed by atoms with E-state index in [1.807, 2.05) is 0 Å². The van der Waals surface area contributed by atoms with Crippen molar-refractivity contribution in [3.05, 3.63) is 83.4 Å². The summed E-state index contributed by atoms with van der Waals surface area (Å²) in [6, 6.07) is 13.6. The monoisotopic (exact) mass is 485 g/mol. The number of para-hydroxylation sites is 2. The summed E-state index contributed by atoms with van der Waals surface area (Å²) in [5.74, 6) is -3.44. The molecule has 0 unspecified atom stereocenters. The summed E-state index contributed by atoms with van der Waals surface area (Å²) in [5, 5.41) is 2.67. The van der Waals surface area contributed by atoms with Crippen LogP contribution in [-0.2, 0) is 9.53 Å². The van der Waals surface area contributed by atoms with E-state index in [0.29, 0.717) is 11.4 Å². The van der Waals surface area contributed by atoms with Crippen LogP contribution in [0.2, 0.25) is 0 Å². The van der Waals surface area contributed by atoms with Crippen LogP contribution in [-0.4, -0.2) is 45.1 Å². The second-order valence-electron chi connectivity index (χ2n) is 7.03. The fourth-order valence-electron chi connectivity index (χ4n) is 2.96. The topological polar surface area (TPSA) is 100 Å². The molecular weight excluding hydrogens is 464 g/mol. The molecule has 0 aliphatic heterocycles. The zero-order valence-corrected chi connectivity index (χ0v) is 18.8. The molecule has 3 aromatic carbocycles. The maximum atomic E-state index is 13.3. The minimum absolute atomic E-state index is 0.0470. The summed E-state index contributed by atoms with van der Waals surface area (Å²) in [6.07, 6.45) is 0. The summed E-state index contributed by atoms with van der Waals surface area (Å²) in [6.45, 7) is -1.02. The van der Waals surface area contributed by atoms with Gasteiger partial charge in [-0.15, -0.1) is 0 Å². The van der Waals surface area contributed by atoms with E-state index in [1.165, 1.54) is 32.4 Å². The highest BCUT2D eigenvalue weighted by Crippen LogP contribution is 2.29. The van der Waals surface area contributed by atoms with Gasteiger partial charge < -0.3 is 24.3 Å². The molecular formula is C25H21F2NO7. The molecule has 35 heavy (non-hydrogen) atoms. The average molecular weight is 485 g/mol. The van der Waals surface area contributed by atoms with Gasteiger partial charge in [0.1, 0.15) is 5.75 Å². The molecule has 8 nitrogen and oxygen atoms in total. The molecule has 3 rings (SSSR count). The lowest BCUT2D eigenvalue weighted by molar-refractivity contribution is -0.118. The number of carbonyl (C=O) groups is 3. The van der Waals surface area contributed by atoms with E-state index in [-0.39, 0.29) is 29.2 Å². The van der Waals surface area contributed by atoms with E-state index < -0.39 is 35.9 Å². The molecule has 0 aliphatic rings. The second kappa shape index (κ2) is 11.6. The fraction of sp³-hybridized carbons (Fsp3) is 0.160. The van der Waals surface area contributed by atoms with Crippen LogP contribution < -0.4 is 19.5 Å². The number of methoxy groups -OCH3 is 2. The number of amides is 1. The van der Waals surface area contributed by atoms with Crippen LogP contribution in [0.4, 0.5) is 14.5 Å². The highest BCUT2D eigenvalue weighted by molar-refractivity contribution is 5.99. The molecule has 0 radical (unpaired) electrons. The first-order valence-corrected chi connectivity index (χ1v) is 10.2. The van der Waals surface area contributed by atoms with Gasteiger partial charge in [0.15, 0.2) is 42.1 Å². The van der Waals surface area contributed by atoms with Crippen molar-refractivity contribution < 1.29 is 42.1 Å². The molecule has 0 bridgehead atoms. The van der Waals surface area contributed by atoms with Gasteiger partial charge in [0.25, 0.3) is 5.91 Å². The molecule has 0 heterocycles. The van der Waals surface area contributed by atoms with Crippen LogP contribution in [0.3, 0.4) is 0 Å². The van der Waals surface area contributed by atoms with E-state index in [9.17, 15) is 23.2 Å². The number of ketones is 1. The van der Waals surface area contributed by atoms with Crippen molar-refractivity contribution in [3.8, 4) is 17.2 Å². The number of nitrogens with one attached hydrogen (secondary N) is 1. The standard InChI is InChI=1S/C25H21F2NO7/c1-32-21-6-4-3-5-19(21)28-24(30)14-34-22-10-8-16(12-23(22)33-2)25(31)35-13-20(29)15-7-9-17(26)18(27)11-15/h3-12H,13-14H2,1-2H3,(H,28,30). The molecule has 0 aliphatic carbocycles. The molecule has 0 fully saturated rings. The zero-order valence-electron chi connectivity index (χ0n) is 18.8. The lowest BCUT2D eigenvalue weighted by atomic mass is 10.1. The Balaban J connectivity index is 1.58. The van der Waals surface area contributed by atoms with Crippen LogP contribution in [0, 0.1) is 11.6 Å². The van der Waals surface area contributed by atoms with Gasteiger partial charge in [-0.3, -0.25) is 9.59 Å². The third kappa shape index (κ3) is 6.53. The number of rotatable bonds is 10. The number of benzene rings is 3. The van der Waals surface area contributed by atoms with Crippen LogP contribution >= 0.6 is 0 Å². The van der Waals surface area contributed by atoms with Crippen molar-refractivity contribution in [2.24, 2.45) is 0 Å². The minimum atomic E-state index is -1.18. The summed E-state index contributed by atoms with van der Waals surface area (Å²) >= 11 is 0. The van der Waals surface area contributed by atoms with Gasteiger partial charge in [-0.25, -0.2) is 13.6 Å². The Morgan fingerprint density at radius 2 is 1.49 bits per heavy atom. The molecule has 182 valence electrons. The molecule has 1 amide bonds. The predicted molar refractivity (Wildman–Crippen MR) is 121 cm³/mol. The van der Waals surface area contributed by atoms with Gasteiger partial charge in [0.2, 0.25) is 0 Å². The van der Waals surface area contributed by atoms with Gasteiger partial charge in [0.05, 0.1) is 25.5 Å². The van der Waals surface area contributed by atoms with E-state index >= 15 is 0 Å². The SMILES string of the molecule is COc1ccccc1NC(=O)COc1ccc(C(=O)OCC(=O)c2ccc(F)c(F)c2)cc1OC. The summed E-state index contributed by atoms with van der Waals surface area (Å²) < 4.78 is 47.2. The van der Waals surface area contributed by atoms with Crippen molar-refractivity contribution in [2.75, 3.05) is 32.8 Å². The lowest BCUT2D eigenvalue weighted by Crippen LogP contribution is -2.20. The molecule has 1 N–H and O–H groups in total. The molecule has 3 aromatic rings. The van der Waals surface area contributed by atoms with E-state index in [1.54, 1.807) is 24.3 Å². The van der Waals surface area contributed by atoms with E-state index in [2.05, 4.69) is 5.32 Å². The smallest absolute Gasteiger partial charge is 0.338 e. The van der Waals surface area contributed by atoms with Crippen LogP contribution in [0.5, 0.6) is 17.2 Å². The maximum Gasteiger partial charge on any atom is 0.338 e. The zero-order chi connectivity index (χ0) is 25.4. The number of hydrogen-bond acceptors (Lipinski definition) is 7. The minimum Gasteiger partial charge on any atom is -0.495 e. The second-order valence-corrected chi connectivity index (χ2v) is 7.03. The van der Waals surface area contributed by atoms with Gasteiger partial charge in [-0.2, -0.15) is 0 Å². The Hall–Kier alpha value is -4.47. The predicted octanol–water partition coefficient (Wildman–Crippen LogP) is 4.04. The molecule has 0 aromatic heterocycles. The van der Waals surface area contributed by atoms with Crippen LogP contribution in [0.15, 0.2) is 60.7 Å². The summed E-state index contributed by atoms with van der Waals surface area (Å²) in [5.41, 5.74) is 0.391. The van der Waals surface area contributed by atoms with Gasteiger partial charge >= 0.3 is 5.97 Å². The van der Waals surface area contributed by atoms with Gasteiger partial charge in [0, 0.05) is 5.56 Å². The van der Waals surface area contributed by atoms with Crippen LogP contribution in [0.1, 0.15) is 20.7 Å². The normalized spacial score (nSPS) is 10.3. The Morgan fingerprint density at radius 3 is 2.20 bits per heavy atom. The molecule has 10 heteroatoms. The number of halogens is 2. The number of esters is 1. The van der Waals surface area contributed by atoms with Crippen LogP contribution in [0.25, 0.3) is 0 Å². The third-order valence-corrected chi connectivity index (χ3v) is 4.72. The molecule has 0 saturated heterocycles. The number of ether oxygens (including phenoxy) is 4. The van der Waals surface area contributed by atoms with Crippen molar-refractivity contribution in [1.82, 2.24) is 0 Å². The molecule has 0 spiro atoms. The van der Waals surface area contributed by atoms with E-state index in [0.717, 1.165) is 18.2 Å². The van der Waals surface area contributed by atoms with Crippen molar-refractivity contribution in [1.29, 1.82) is 0 Å². The first kappa shape index (κ1) is 25.2. The highest BCUT2D eigenvalue weighted by Gasteiger charge is 2.17. The number of Topliss-reactive ketones (excluding diaryl/α,β-unsaturated/α-hetero) is 1. The first-order valence-electron chi connectivity index (χ1n) is 10.2. The molecule has 0 atom stereocenters. The highest BCUT2D eigenvalue weighted by atomic mass is 19.2. The summed E-state index contributed by atoms with van der Waals surface area (Å²) in [7, 11) is 2.83. The van der Waals surface area contributed by atoms with Crippen molar-refractivity contribution in [2.45, 2.75) is 0 Å². The fourth-order valence-corrected chi connectivity index (χ4v) is 2.96. The van der Waals surface area contributed by atoms with E-state index in [4.69, 9.17) is 18.9 Å². The average Bonchev–Trinajstić information content (AvgIpc) is 2.87. The Morgan fingerprint density at radius 1 is 0.771 bits per heavy atom. The largest absolute Gasteiger partial charge is 0.495 e. The first-order chi connectivity index (χ1) is 16.8. The molecule has 0 saturated carbocycles. The van der Waals surface area contributed by atoms with Crippen molar-refractivity contribution in [3.63, 3.8) is 0 Å². The number of anilines is 1. The van der Waals surface area contributed by atoms with Gasteiger partial charge in [-0.1, -0.05) is 12.1 Å². The quantitative estimate of drug-likeness (QED) is 0.342. The summed E-state index contributed by atoms with van der Waals surface area (Å²) in [4.78, 5) is 36.7. The Bertz CT molecular complexity index is 1250. The lowest BCUT2D eigenvalue weighted by Gasteiger charge is -2.13. The third-order valence-electron chi connectivity index (χ3n) is 4.72. The van der Waals surface area contributed by atoms with Crippen molar-refractivity contribution >= 4 is 23.3 Å². The Labute approximate surface area is 199 Å². The number of carbonyl (C=O) groups excluding carboxylic acids is 3. The number of hydrogen-bond donors (Lipinski definition) is 1.